The van der Waals surface area contributed by atoms with Crippen molar-refractivity contribution in [2.45, 2.75) is 38.8 Å². The van der Waals surface area contributed by atoms with Crippen LogP contribution in [-0.2, 0) is 20.9 Å². The minimum Gasteiger partial charge on any atom is -0.466 e. The summed E-state index contributed by atoms with van der Waals surface area (Å²) in [6, 6.07) is 3.95. The topological polar surface area (TPSA) is 77.8 Å². The molecule has 0 aromatic carbocycles. The van der Waals surface area contributed by atoms with Crippen LogP contribution in [0.5, 0.6) is 0 Å². The van der Waals surface area contributed by atoms with E-state index in [1.807, 2.05) is 19.1 Å². The largest absolute Gasteiger partial charge is 0.466 e. The molecule has 6 rings (SSSR count). The van der Waals surface area contributed by atoms with Crippen molar-refractivity contribution in [2.24, 2.45) is 29.6 Å². The van der Waals surface area contributed by atoms with Crippen LogP contribution in [-0.4, -0.2) is 40.3 Å². The molecule has 0 spiro atoms. The summed E-state index contributed by atoms with van der Waals surface area (Å²) < 4.78 is 12.5. The fourth-order valence-corrected chi connectivity index (χ4v) is 5.92. The molecular weight excluding hydrogens is 380 g/mol. The van der Waals surface area contributed by atoms with Crippen molar-refractivity contribution in [1.82, 2.24) is 14.6 Å². The Kier molecular flexibility index (Phi) is 4.47. The number of aromatic nitrogens is 3. The molecule has 1 N–H and O–H groups in total. The van der Waals surface area contributed by atoms with E-state index in [9.17, 15) is 4.79 Å². The highest BCUT2D eigenvalue weighted by atomic mass is 35.5. The Morgan fingerprint density at radius 3 is 2.86 bits per heavy atom. The van der Waals surface area contributed by atoms with Crippen LogP contribution in [0.15, 0.2) is 12.1 Å². The highest BCUT2D eigenvalue weighted by Gasteiger charge is 2.63. The second-order valence-corrected chi connectivity index (χ2v) is 8.54. The maximum atomic E-state index is 12.8. The maximum absolute atomic E-state index is 12.8. The minimum atomic E-state index is -0.121. The molecule has 2 unspecified atom stereocenters. The Hall–Kier alpha value is -1.86. The van der Waals surface area contributed by atoms with Crippen LogP contribution in [0.2, 0.25) is 5.28 Å². The third-order valence-corrected chi connectivity index (χ3v) is 7.01. The number of anilines is 1. The summed E-state index contributed by atoms with van der Waals surface area (Å²) in [5.74, 6) is 2.79. The van der Waals surface area contributed by atoms with Crippen LogP contribution in [0.1, 0.15) is 31.9 Å². The van der Waals surface area contributed by atoms with Gasteiger partial charge in [0, 0.05) is 13.2 Å². The van der Waals surface area contributed by atoms with Gasteiger partial charge in [-0.25, -0.2) is 4.52 Å². The van der Waals surface area contributed by atoms with Gasteiger partial charge in [-0.05, 0) is 73.6 Å². The van der Waals surface area contributed by atoms with Gasteiger partial charge in [-0.15, -0.1) is 5.10 Å². The first-order valence-corrected chi connectivity index (χ1v) is 10.5. The molecule has 0 radical (unpaired) electrons. The van der Waals surface area contributed by atoms with Gasteiger partial charge in [-0.3, -0.25) is 4.79 Å². The fourth-order valence-electron chi connectivity index (χ4n) is 5.76. The van der Waals surface area contributed by atoms with Crippen LogP contribution >= 0.6 is 11.6 Å². The van der Waals surface area contributed by atoms with Gasteiger partial charge in [-0.1, -0.05) is 0 Å². The first-order valence-electron chi connectivity index (χ1n) is 10.1. The van der Waals surface area contributed by atoms with Crippen LogP contribution < -0.4 is 5.32 Å². The number of nitrogens with zero attached hydrogens (tertiary/aromatic N) is 3. The van der Waals surface area contributed by atoms with E-state index in [1.54, 1.807) is 11.6 Å². The number of esters is 1. The third-order valence-electron chi connectivity index (χ3n) is 6.85. The molecule has 4 fully saturated rings. The lowest BCUT2D eigenvalue weighted by Crippen LogP contribution is -2.53. The first-order chi connectivity index (χ1) is 13.6. The number of carbonyl (C=O) groups is 1. The normalized spacial score (nSPS) is 33.0. The molecule has 8 heteroatoms. The monoisotopic (exact) mass is 404 g/mol. The fraction of sp³-hybridized carbons (Fsp3) is 0.650. The number of carbonyl (C=O) groups excluding carboxylic acids is 1. The molecule has 0 aliphatic heterocycles. The smallest absolute Gasteiger partial charge is 0.311 e. The predicted octanol–water partition coefficient (Wildman–Crippen LogP) is 3.16. The molecule has 150 valence electrons. The average molecular weight is 405 g/mol. The molecule has 7 nitrogen and oxygen atoms in total. The zero-order valence-corrected chi connectivity index (χ0v) is 16.9. The van der Waals surface area contributed by atoms with Gasteiger partial charge in [0.2, 0.25) is 5.28 Å². The first kappa shape index (κ1) is 18.2. The van der Waals surface area contributed by atoms with E-state index in [1.165, 1.54) is 6.42 Å². The maximum Gasteiger partial charge on any atom is 0.311 e. The lowest BCUT2D eigenvalue weighted by Gasteiger charge is -2.47. The second kappa shape index (κ2) is 6.88. The summed E-state index contributed by atoms with van der Waals surface area (Å²) in [5.41, 5.74) is 1.74. The Bertz CT molecular complexity index is 916. The van der Waals surface area contributed by atoms with Gasteiger partial charge < -0.3 is 14.8 Å². The molecule has 4 aliphatic carbocycles. The standard InChI is InChI=1S/C20H25ClN4O3/c1-3-28-19(26)16-11-5-6-12(14-8-13(11)14)17(16)22-18-15-7-4-10(9-27-2)25(15)24-20(21)23-18/h4,7,11-14,16-17H,3,5-6,8-9H2,1-2H3,(H,22,23,24)/t11-,12+,13?,14?,16+,17+/m0/s1. The minimum absolute atomic E-state index is 0.0251. The van der Waals surface area contributed by atoms with Gasteiger partial charge in [0.05, 0.1) is 24.8 Å². The Labute approximate surface area is 168 Å². The van der Waals surface area contributed by atoms with Crippen molar-refractivity contribution < 1.29 is 14.3 Å². The number of hydrogen-bond acceptors (Lipinski definition) is 6. The summed E-state index contributed by atoms with van der Waals surface area (Å²) in [5, 5.41) is 8.09. The molecule has 2 aromatic heterocycles. The van der Waals surface area contributed by atoms with E-state index in [0.29, 0.717) is 36.8 Å². The number of fused-ring (bicyclic) bond motifs is 3. The van der Waals surface area contributed by atoms with Crippen molar-refractivity contribution in [3.63, 3.8) is 0 Å². The van der Waals surface area contributed by atoms with Crippen LogP contribution in [0.3, 0.4) is 0 Å². The van der Waals surface area contributed by atoms with Crippen molar-refractivity contribution in [2.75, 3.05) is 19.0 Å². The summed E-state index contributed by atoms with van der Waals surface area (Å²) in [4.78, 5) is 17.3. The zero-order valence-electron chi connectivity index (χ0n) is 16.1. The van der Waals surface area contributed by atoms with Crippen molar-refractivity contribution in [3.8, 4) is 0 Å². The van der Waals surface area contributed by atoms with E-state index >= 15 is 0 Å². The molecule has 2 bridgehead atoms. The molecule has 2 aromatic rings. The Morgan fingerprint density at radius 2 is 2.07 bits per heavy atom. The number of hydrogen-bond donors (Lipinski definition) is 1. The van der Waals surface area contributed by atoms with Gasteiger partial charge >= 0.3 is 5.97 Å². The highest BCUT2D eigenvalue weighted by Crippen LogP contribution is 2.64. The summed E-state index contributed by atoms with van der Waals surface area (Å²) in [6.07, 6.45) is 3.52. The lowest BCUT2D eigenvalue weighted by molar-refractivity contribution is -0.155. The van der Waals surface area contributed by atoms with Gasteiger partial charge in [0.15, 0.2) is 5.82 Å². The molecular formula is C20H25ClN4O3. The van der Waals surface area contributed by atoms with E-state index in [2.05, 4.69) is 15.4 Å². The van der Waals surface area contributed by atoms with E-state index in [0.717, 1.165) is 30.0 Å². The van der Waals surface area contributed by atoms with Crippen LogP contribution in [0.25, 0.3) is 5.52 Å². The van der Waals surface area contributed by atoms with E-state index in [-0.39, 0.29) is 23.2 Å². The lowest BCUT2D eigenvalue weighted by atomic mass is 9.61. The molecule has 6 atom stereocenters. The molecule has 2 heterocycles. The molecule has 28 heavy (non-hydrogen) atoms. The molecule has 4 aliphatic rings. The van der Waals surface area contributed by atoms with Gasteiger partial charge in [0.25, 0.3) is 0 Å². The third kappa shape index (κ3) is 2.78. The number of halogens is 1. The van der Waals surface area contributed by atoms with Crippen molar-refractivity contribution in [1.29, 1.82) is 0 Å². The van der Waals surface area contributed by atoms with E-state index in [4.69, 9.17) is 21.1 Å². The second-order valence-electron chi connectivity index (χ2n) is 8.20. The SMILES string of the molecule is CCOC(=O)[C@H]1[C@H](Nc2nc(Cl)nn3c(COC)ccc23)[C@@H]2CC[C@H]1C1CC12. The number of ether oxygens (including phenoxy) is 2. The number of nitrogens with one attached hydrogen (secondary N) is 1. The van der Waals surface area contributed by atoms with Crippen LogP contribution in [0.4, 0.5) is 5.82 Å². The van der Waals surface area contributed by atoms with Gasteiger partial charge in [0.1, 0.15) is 5.52 Å². The van der Waals surface area contributed by atoms with Crippen molar-refractivity contribution >= 4 is 28.9 Å². The summed E-state index contributed by atoms with van der Waals surface area (Å²) >= 11 is 6.22. The quantitative estimate of drug-likeness (QED) is 0.745. The zero-order chi connectivity index (χ0) is 19.4. The number of rotatable bonds is 6. The molecule has 0 amide bonds. The Balaban J connectivity index is 1.51. The average Bonchev–Trinajstić information content (AvgIpc) is 3.40. The molecule has 0 saturated heterocycles. The highest BCUT2D eigenvalue weighted by molar-refractivity contribution is 6.28. The summed E-state index contributed by atoms with van der Waals surface area (Å²) in [7, 11) is 1.65. The summed E-state index contributed by atoms with van der Waals surface area (Å²) in [6.45, 7) is 2.72. The number of methoxy groups -OCH3 is 1. The Morgan fingerprint density at radius 1 is 1.29 bits per heavy atom. The van der Waals surface area contributed by atoms with Crippen LogP contribution in [0, 0.1) is 29.6 Å². The van der Waals surface area contributed by atoms with Gasteiger partial charge in [-0.2, -0.15) is 4.98 Å². The van der Waals surface area contributed by atoms with Crippen molar-refractivity contribution in [3.05, 3.63) is 23.1 Å². The van der Waals surface area contributed by atoms with E-state index < -0.39 is 0 Å². The predicted molar refractivity (Wildman–Crippen MR) is 104 cm³/mol. The molecule has 4 saturated carbocycles.